The Hall–Kier alpha value is -2.92. The third-order valence-corrected chi connectivity index (χ3v) is 6.59. The van der Waals surface area contributed by atoms with Crippen molar-refractivity contribution in [3.05, 3.63) is 78.1 Å². The molecule has 0 spiro atoms. The third-order valence-electron chi connectivity index (χ3n) is 5.46. The highest BCUT2D eigenvalue weighted by atomic mass is 32.2. The molecule has 0 unspecified atom stereocenters. The van der Waals surface area contributed by atoms with E-state index in [1.807, 2.05) is 12.1 Å². The van der Waals surface area contributed by atoms with E-state index in [4.69, 9.17) is 0 Å². The summed E-state index contributed by atoms with van der Waals surface area (Å²) in [6, 6.07) is 19.9. The molecule has 1 aliphatic heterocycles. The standard InChI is InChI=1S/C23H18FNO2S/c1-28(26,27)19-11-7-17(8-12-19)23-21(15-5-9-18(24)10-6-15)20-4-2-3-16-13-14-25(23)22(16)20/h2-12H,13-14H2,1H3. The SMILES string of the molecule is CS(=O)(=O)c1ccc(-c2c(-c3ccc(F)cc3)c3cccc4c3n2CC4)cc1. The van der Waals surface area contributed by atoms with Crippen LogP contribution in [-0.4, -0.2) is 19.2 Å². The minimum absolute atomic E-state index is 0.265. The number of sulfone groups is 1. The van der Waals surface area contributed by atoms with Gasteiger partial charge in [-0.05, 0) is 47.4 Å². The molecule has 0 bridgehead atoms. The predicted octanol–water partition coefficient (Wildman–Crippen LogP) is 5.07. The summed E-state index contributed by atoms with van der Waals surface area (Å²) in [5.74, 6) is -0.265. The van der Waals surface area contributed by atoms with Crippen molar-refractivity contribution >= 4 is 20.7 Å². The van der Waals surface area contributed by atoms with E-state index in [-0.39, 0.29) is 5.82 Å². The van der Waals surface area contributed by atoms with Gasteiger partial charge < -0.3 is 4.57 Å². The molecule has 0 saturated carbocycles. The van der Waals surface area contributed by atoms with E-state index < -0.39 is 9.84 Å². The molecule has 1 aliphatic rings. The number of halogens is 1. The van der Waals surface area contributed by atoms with E-state index >= 15 is 0 Å². The van der Waals surface area contributed by atoms with Gasteiger partial charge in [0.1, 0.15) is 5.82 Å². The summed E-state index contributed by atoms with van der Waals surface area (Å²) in [4.78, 5) is 0.304. The Kier molecular flexibility index (Phi) is 3.71. The Labute approximate surface area is 163 Å². The molecule has 3 aromatic carbocycles. The van der Waals surface area contributed by atoms with Gasteiger partial charge in [-0.1, -0.05) is 42.5 Å². The first-order valence-electron chi connectivity index (χ1n) is 9.14. The van der Waals surface area contributed by atoms with Gasteiger partial charge in [-0.15, -0.1) is 0 Å². The van der Waals surface area contributed by atoms with Crippen LogP contribution < -0.4 is 0 Å². The fraction of sp³-hybridized carbons (Fsp3) is 0.130. The number of para-hydroxylation sites is 1. The third kappa shape index (κ3) is 2.58. The molecule has 0 amide bonds. The molecular formula is C23H18FNO2S. The molecule has 1 aromatic heterocycles. The van der Waals surface area contributed by atoms with Crippen molar-refractivity contribution in [1.29, 1.82) is 0 Å². The van der Waals surface area contributed by atoms with Crippen molar-refractivity contribution in [3.8, 4) is 22.4 Å². The zero-order valence-corrected chi connectivity index (χ0v) is 16.1. The molecule has 2 heterocycles. The van der Waals surface area contributed by atoms with E-state index in [0.717, 1.165) is 40.7 Å². The van der Waals surface area contributed by atoms with Gasteiger partial charge in [0.25, 0.3) is 0 Å². The second-order valence-electron chi connectivity index (χ2n) is 7.24. The van der Waals surface area contributed by atoms with Crippen LogP contribution in [0.4, 0.5) is 4.39 Å². The molecule has 5 heteroatoms. The maximum Gasteiger partial charge on any atom is 0.175 e. The zero-order valence-electron chi connectivity index (χ0n) is 15.3. The summed E-state index contributed by atoms with van der Waals surface area (Å²) in [7, 11) is -3.25. The van der Waals surface area contributed by atoms with Gasteiger partial charge in [-0.25, -0.2) is 12.8 Å². The molecule has 3 nitrogen and oxygen atoms in total. The maximum absolute atomic E-state index is 13.5. The summed E-state index contributed by atoms with van der Waals surface area (Å²) < 4.78 is 39.5. The molecule has 140 valence electrons. The maximum atomic E-state index is 13.5. The number of aryl methyl sites for hydroxylation is 2. The Morgan fingerprint density at radius 1 is 0.893 bits per heavy atom. The fourth-order valence-electron chi connectivity index (χ4n) is 4.21. The molecule has 28 heavy (non-hydrogen) atoms. The topological polar surface area (TPSA) is 39.1 Å². The minimum atomic E-state index is -3.25. The van der Waals surface area contributed by atoms with Crippen molar-refractivity contribution in [3.63, 3.8) is 0 Å². The molecular weight excluding hydrogens is 373 g/mol. The van der Waals surface area contributed by atoms with Crippen LogP contribution in [0.1, 0.15) is 5.56 Å². The molecule has 0 atom stereocenters. The summed E-state index contributed by atoms with van der Waals surface area (Å²) in [5, 5.41) is 1.14. The molecule has 0 N–H and O–H groups in total. The van der Waals surface area contributed by atoms with Gasteiger partial charge in [0, 0.05) is 23.8 Å². The van der Waals surface area contributed by atoms with Crippen molar-refractivity contribution in [2.45, 2.75) is 17.9 Å². The first-order chi connectivity index (χ1) is 13.4. The Balaban J connectivity index is 1.82. The van der Waals surface area contributed by atoms with Crippen molar-refractivity contribution in [1.82, 2.24) is 4.57 Å². The van der Waals surface area contributed by atoms with E-state index in [1.165, 1.54) is 29.5 Å². The number of benzene rings is 3. The zero-order chi connectivity index (χ0) is 19.5. The van der Waals surface area contributed by atoms with Gasteiger partial charge in [-0.2, -0.15) is 0 Å². The Morgan fingerprint density at radius 2 is 1.57 bits per heavy atom. The highest BCUT2D eigenvalue weighted by Gasteiger charge is 2.25. The number of hydrogen-bond acceptors (Lipinski definition) is 2. The number of hydrogen-bond donors (Lipinski definition) is 0. The first kappa shape index (κ1) is 17.2. The summed E-state index contributed by atoms with van der Waals surface area (Å²) in [6.45, 7) is 0.875. The van der Waals surface area contributed by atoms with Gasteiger partial charge in [-0.3, -0.25) is 0 Å². The normalized spacial score (nSPS) is 13.4. The van der Waals surface area contributed by atoms with Crippen LogP contribution >= 0.6 is 0 Å². The van der Waals surface area contributed by atoms with E-state index in [9.17, 15) is 12.8 Å². The Bertz CT molecular complexity index is 1320. The van der Waals surface area contributed by atoms with Crippen LogP contribution in [0.3, 0.4) is 0 Å². The van der Waals surface area contributed by atoms with Gasteiger partial charge >= 0.3 is 0 Å². The van der Waals surface area contributed by atoms with E-state index in [1.54, 1.807) is 24.3 Å². The number of nitrogens with zero attached hydrogens (tertiary/aromatic N) is 1. The van der Waals surface area contributed by atoms with Crippen molar-refractivity contribution in [2.75, 3.05) is 6.26 Å². The minimum Gasteiger partial charge on any atom is -0.339 e. The second-order valence-corrected chi connectivity index (χ2v) is 9.26. The van der Waals surface area contributed by atoms with Crippen LogP contribution in [0.25, 0.3) is 33.3 Å². The summed E-state index contributed by atoms with van der Waals surface area (Å²) >= 11 is 0. The highest BCUT2D eigenvalue weighted by molar-refractivity contribution is 7.90. The largest absolute Gasteiger partial charge is 0.339 e. The monoisotopic (exact) mass is 391 g/mol. The highest BCUT2D eigenvalue weighted by Crippen LogP contribution is 2.44. The second kappa shape index (κ2) is 6.04. The van der Waals surface area contributed by atoms with Gasteiger partial charge in [0.05, 0.1) is 16.1 Å². The lowest BCUT2D eigenvalue weighted by Gasteiger charge is -2.11. The van der Waals surface area contributed by atoms with Crippen LogP contribution in [0, 0.1) is 5.82 Å². The van der Waals surface area contributed by atoms with E-state index in [0.29, 0.717) is 4.90 Å². The average Bonchev–Trinajstić information content (AvgIpc) is 3.25. The summed E-state index contributed by atoms with van der Waals surface area (Å²) in [5.41, 5.74) is 6.53. The molecule has 0 aliphatic carbocycles. The van der Waals surface area contributed by atoms with Crippen molar-refractivity contribution < 1.29 is 12.8 Å². The summed E-state index contributed by atoms with van der Waals surface area (Å²) in [6.07, 6.45) is 2.19. The molecule has 0 saturated heterocycles. The lowest BCUT2D eigenvalue weighted by atomic mass is 9.97. The van der Waals surface area contributed by atoms with Crippen molar-refractivity contribution in [2.24, 2.45) is 0 Å². The van der Waals surface area contributed by atoms with Gasteiger partial charge in [0.2, 0.25) is 0 Å². The average molecular weight is 391 g/mol. The Morgan fingerprint density at radius 3 is 2.25 bits per heavy atom. The molecule has 4 aromatic rings. The quantitative estimate of drug-likeness (QED) is 0.489. The first-order valence-corrected chi connectivity index (χ1v) is 11.0. The predicted molar refractivity (Wildman–Crippen MR) is 110 cm³/mol. The van der Waals surface area contributed by atoms with E-state index in [2.05, 4.69) is 22.8 Å². The fourth-order valence-corrected chi connectivity index (χ4v) is 4.84. The van der Waals surface area contributed by atoms with Crippen LogP contribution in [-0.2, 0) is 22.8 Å². The number of aromatic nitrogens is 1. The lowest BCUT2D eigenvalue weighted by Crippen LogP contribution is -1.99. The van der Waals surface area contributed by atoms with Crippen LogP contribution in [0.15, 0.2) is 71.6 Å². The molecule has 0 fully saturated rings. The molecule has 0 radical (unpaired) electrons. The van der Waals surface area contributed by atoms with Crippen LogP contribution in [0.2, 0.25) is 0 Å². The smallest absolute Gasteiger partial charge is 0.175 e. The van der Waals surface area contributed by atoms with Crippen LogP contribution in [0.5, 0.6) is 0 Å². The number of rotatable bonds is 3. The lowest BCUT2D eigenvalue weighted by molar-refractivity contribution is 0.602. The van der Waals surface area contributed by atoms with Gasteiger partial charge in [0.15, 0.2) is 9.84 Å². The molecule has 5 rings (SSSR count).